The monoisotopic (exact) mass is 386 g/mol. The first-order valence-corrected chi connectivity index (χ1v) is 9.46. The summed E-state index contributed by atoms with van der Waals surface area (Å²) in [5.74, 6) is 0.665. The van der Waals surface area contributed by atoms with Crippen molar-refractivity contribution in [1.29, 1.82) is 0 Å². The lowest BCUT2D eigenvalue weighted by atomic mass is 10.2. The van der Waals surface area contributed by atoms with Gasteiger partial charge < -0.3 is 4.74 Å². The van der Waals surface area contributed by atoms with Gasteiger partial charge >= 0.3 is 5.56 Å². The summed E-state index contributed by atoms with van der Waals surface area (Å²) >= 11 is 0. The maximum atomic E-state index is 12.7. The van der Waals surface area contributed by atoms with E-state index in [-0.39, 0.29) is 10.6 Å². The van der Waals surface area contributed by atoms with Crippen LogP contribution < -0.4 is 10.3 Å². The minimum atomic E-state index is -4.05. The Labute approximate surface area is 156 Å². The third kappa shape index (κ3) is 3.68. The van der Waals surface area contributed by atoms with E-state index in [1.807, 2.05) is 6.92 Å². The van der Waals surface area contributed by atoms with Crippen molar-refractivity contribution in [3.63, 3.8) is 0 Å². The van der Waals surface area contributed by atoms with E-state index in [1.54, 1.807) is 50.4 Å². The largest absolute Gasteiger partial charge is 0.497 e. The second kappa shape index (κ2) is 7.20. The lowest BCUT2D eigenvalue weighted by molar-refractivity contribution is 0.415. The van der Waals surface area contributed by atoms with Crippen LogP contribution in [0.5, 0.6) is 5.75 Å². The fourth-order valence-corrected chi connectivity index (χ4v) is 3.62. The number of nitrogens with one attached hydrogen (secondary N) is 1. The second-order valence-electron chi connectivity index (χ2n) is 5.87. The highest BCUT2D eigenvalue weighted by Crippen LogP contribution is 2.22. The van der Waals surface area contributed by atoms with E-state index < -0.39 is 15.6 Å². The van der Waals surface area contributed by atoms with Crippen molar-refractivity contribution in [2.45, 2.75) is 18.7 Å². The highest BCUT2D eigenvalue weighted by molar-refractivity contribution is 7.89. The van der Waals surface area contributed by atoms with Crippen LogP contribution in [0.25, 0.3) is 0 Å². The van der Waals surface area contributed by atoms with Crippen LogP contribution in [0.1, 0.15) is 11.3 Å². The van der Waals surface area contributed by atoms with E-state index in [9.17, 15) is 13.2 Å². The SMILES string of the molecule is COc1ccc(N=Nc2c(C)[nH]n(S(=O)(=O)c3ccc(C)cc3)c2=O)cc1. The van der Waals surface area contributed by atoms with Crippen LogP contribution in [0, 0.1) is 13.8 Å². The van der Waals surface area contributed by atoms with Gasteiger partial charge in [-0.3, -0.25) is 9.89 Å². The summed E-state index contributed by atoms with van der Waals surface area (Å²) in [6, 6.07) is 13.0. The first kappa shape index (κ1) is 18.6. The number of aryl methyl sites for hydroxylation is 2. The maximum absolute atomic E-state index is 12.7. The predicted octanol–water partition coefficient (Wildman–Crippen LogP) is 3.45. The lowest BCUT2D eigenvalue weighted by Crippen LogP contribution is -2.25. The molecule has 0 aliphatic heterocycles. The standard InChI is InChI=1S/C18H18N4O4S/c1-12-4-10-16(11-5-12)27(24,25)22-18(23)17(13(2)21-22)20-19-14-6-8-15(26-3)9-7-14/h4-11,21H,1-3H3. The summed E-state index contributed by atoms with van der Waals surface area (Å²) in [6.45, 7) is 3.41. The molecule has 0 saturated carbocycles. The molecule has 1 heterocycles. The Morgan fingerprint density at radius 2 is 1.59 bits per heavy atom. The number of hydrogen-bond donors (Lipinski definition) is 1. The molecule has 1 N–H and O–H groups in total. The molecule has 0 radical (unpaired) electrons. The van der Waals surface area contributed by atoms with E-state index in [0.29, 0.717) is 21.2 Å². The molecule has 3 rings (SSSR count). The summed E-state index contributed by atoms with van der Waals surface area (Å²) in [4.78, 5) is 12.6. The lowest BCUT2D eigenvalue weighted by Gasteiger charge is -2.04. The van der Waals surface area contributed by atoms with Gasteiger partial charge in [0.2, 0.25) is 0 Å². The molecule has 2 aromatic carbocycles. The molecule has 0 amide bonds. The van der Waals surface area contributed by atoms with Gasteiger partial charge in [-0.25, -0.2) is 0 Å². The smallest absolute Gasteiger partial charge is 0.309 e. The quantitative estimate of drug-likeness (QED) is 0.678. The summed E-state index contributed by atoms with van der Waals surface area (Å²) in [5, 5.41) is 10.5. The molecule has 0 saturated heterocycles. The van der Waals surface area contributed by atoms with Gasteiger partial charge in [-0.1, -0.05) is 17.7 Å². The highest BCUT2D eigenvalue weighted by atomic mass is 32.2. The number of benzene rings is 2. The molecule has 0 aliphatic rings. The molecule has 0 fully saturated rings. The Morgan fingerprint density at radius 1 is 0.963 bits per heavy atom. The van der Waals surface area contributed by atoms with Crippen molar-refractivity contribution in [2.24, 2.45) is 10.2 Å². The molecule has 1 aromatic heterocycles. The number of aromatic amines is 1. The van der Waals surface area contributed by atoms with Gasteiger partial charge in [0.05, 0.1) is 23.4 Å². The Hall–Kier alpha value is -3.20. The number of hydrogen-bond acceptors (Lipinski definition) is 6. The first-order valence-electron chi connectivity index (χ1n) is 8.02. The van der Waals surface area contributed by atoms with Crippen molar-refractivity contribution >= 4 is 21.4 Å². The topological polar surface area (TPSA) is 106 Å². The summed E-state index contributed by atoms with van der Waals surface area (Å²) < 4.78 is 31.1. The minimum absolute atomic E-state index is 0.00935. The van der Waals surface area contributed by atoms with E-state index in [2.05, 4.69) is 15.3 Å². The Bertz CT molecular complexity index is 1140. The molecule has 0 unspecified atom stereocenters. The zero-order valence-electron chi connectivity index (χ0n) is 15.0. The van der Waals surface area contributed by atoms with Crippen LogP contribution in [-0.4, -0.2) is 24.7 Å². The number of azo groups is 1. The molecule has 9 heteroatoms. The molecule has 0 aliphatic carbocycles. The van der Waals surface area contributed by atoms with Crippen molar-refractivity contribution in [3.8, 4) is 5.75 Å². The maximum Gasteiger partial charge on any atom is 0.309 e. The Morgan fingerprint density at radius 3 is 2.19 bits per heavy atom. The van der Waals surface area contributed by atoms with E-state index >= 15 is 0 Å². The second-order valence-corrected chi connectivity index (χ2v) is 7.66. The van der Waals surface area contributed by atoms with Crippen molar-refractivity contribution in [2.75, 3.05) is 7.11 Å². The molecular formula is C18H18N4O4S. The summed E-state index contributed by atoms with van der Waals surface area (Å²) in [5.41, 5.74) is 0.862. The van der Waals surface area contributed by atoms with Gasteiger partial charge in [-0.15, -0.1) is 9.20 Å². The molecule has 8 nitrogen and oxygen atoms in total. The molecule has 27 heavy (non-hydrogen) atoms. The highest BCUT2D eigenvalue weighted by Gasteiger charge is 2.23. The van der Waals surface area contributed by atoms with Gasteiger partial charge in [-0.05, 0) is 50.2 Å². The summed E-state index contributed by atoms with van der Waals surface area (Å²) in [7, 11) is -2.50. The van der Waals surface area contributed by atoms with Crippen LogP contribution in [0.2, 0.25) is 0 Å². The van der Waals surface area contributed by atoms with Crippen LogP contribution >= 0.6 is 0 Å². The number of nitrogens with zero attached hydrogens (tertiary/aromatic N) is 3. The number of rotatable bonds is 5. The fraction of sp³-hybridized carbons (Fsp3) is 0.167. The zero-order valence-corrected chi connectivity index (χ0v) is 15.8. The molecular weight excluding hydrogens is 368 g/mol. The molecule has 0 atom stereocenters. The number of methoxy groups -OCH3 is 1. The van der Waals surface area contributed by atoms with E-state index in [1.165, 1.54) is 12.1 Å². The van der Waals surface area contributed by atoms with Crippen LogP contribution in [-0.2, 0) is 10.0 Å². The minimum Gasteiger partial charge on any atom is -0.497 e. The first-order chi connectivity index (χ1) is 12.8. The fourth-order valence-electron chi connectivity index (χ4n) is 2.37. The summed E-state index contributed by atoms with van der Waals surface area (Å²) in [6.07, 6.45) is 0. The third-order valence-corrected chi connectivity index (χ3v) is 5.51. The van der Waals surface area contributed by atoms with Gasteiger partial charge in [0.1, 0.15) is 5.75 Å². The zero-order chi connectivity index (χ0) is 19.6. The van der Waals surface area contributed by atoms with Crippen molar-refractivity contribution < 1.29 is 13.2 Å². The van der Waals surface area contributed by atoms with Crippen molar-refractivity contribution in [3.05, 3.63) is 70.1 Å². The third-order valence-electron chi connectivity index (χ3n) is 3.91. The van der Waals surface area contributed by atoms with Crippen LogP contribution in [0.3, 0.4) is 0 Å². The van der Waals surface area contributed by atoms with E-state index in [4.69, 9.17) is 4.74 Å². The number of H-pyrrole nitrogens is 1. The number of ether oxygens (including phenoxy) is 1. The van der Waals surface area contributed by atoms with Crippen molar-refractivity contribution in [1.82, 2.24) is 9.19 Å². The average Bonchev–Trinajstić information content (AvgIpc) is 2.95. The Kier molecular flexibility index (Phi) is 4.95. The Balaban J connectivity index is 1.98. The average molecular weight is 386 g/mol. The normalized spacial score (nSPS) is 11.8. The van der Waals surface area contributed by atoms with Gasteiger partial charge in [0.25, 0.3) is 10.0 Å². The molecule has 0 spiro atoms. The predicted molar refractivity (Wildman–Crippen MR) is 101 cm³/mol. The molecule has 140 valence electrons. The van der Waals surface area contributed by atoms with Gasteiger partial charge in [0.15, 0.2) is 5.69 Å². The number of aromatic nitrogens is 2. The van der Waals surface area contributed by atoms with Gasteiger partial charge in [-0.2, -0.15) is 13.5 Å². The molecule has 3 aromatic rings. The van der Waals surface area contributed by atoms with Crippen LogP contribution in [0.15, 0.2) is 68.4 Å². The van der Waals surface area contributed by atoms with Gasteiger partial charge in [0, 0.05) is 0 Å². The van der Waals surface area contributed by atoms with E-state index in [0.717, 1.165) is 5.56 Å². The molecule has 0 bridgehead atoms. The van der Waals surface area contributed by atoms with Crippen LogP contribution in [0.4, 0.5) is 11.4 Å².